The van der Waals surface area contributed by atoms with Crippen molar-refractivity contribution in [2.45, 2.75) is 26.6 Å². The van der Waals surface area contributed by atoms with Crippen LogP contribution in [0.25, 0.3) is 0 Å². The van der Waals surface area contributed by atoms with Crippen LogP contribution < -0.4 is 10.6 Å². The molecule has 0 bridgehead atoms. The summed E-state index contributed by atoms with van der Waals surface area (Å²) in [6.07, 6.45) is -4.58. The fourth-order valence-electron chi connectivity index (χ4n) is 2.23. The molecule has 9 heteroatoms. The maximum Gasteiger partial charge on any atom is 0.417 e. The number of hydrogen-bond acceptors (Lipinski definition) is 3. The topological polar surface area (TPSA) is 71.1 Å². The summed E-state index contributed by atoms with van der Waals surface area (Å²) in [5, 5.41) is 4.60. The van der Waals surface area contributed by atoms with Gasteiger partial charge in [-0.05, 0) is 36.8 Å². The van der Waals surface area contributed by atoms with Crippen molar-refractivity contribution in [3.8, 4) is 0 Å². The first-order valence-corrected chi connectivity index (χ1v) is 7.84. The zero-order chi connectivity index (χ0) is 19.5. The van der Waals surface area contributed by atoms with E-state index in [2.05, 4.69) is 15.6 Å². The van der Waals surface area contributed by atoms with Crippen LogP contribution in [0.5, 0.6) is 0 Å². The highest BCUT2D eigenvalue weighted by molar-refractivity contribution is 6.31. The smallest absolute Gasteiger partial charge is 0.348 e. The summed E-state index contributed by atoms with van der Waals surface area (Å²) >= 11 is 5.57. The van der Waals surface area contributed by atoms with E-state index in [0.29, 0.717) is 5.69 Å². The van der Waals surface area contributed by atoms with Crippen LogP contribution in [0.1, 0.15) is 34.1 Å². The quantitative estimate of drug-likeness (QED) is 0.837. The summed E-state index contributed by atoms with van der Waals surface area (Å²) in [5.74, 6) is -0.630. The highest BCUT2D eigenvalue weighted by Gasteiger charge is 2.33. The van der Waals surface area contributed by atoms with Gasteiger partial charge in [-0.2, -0.15) is 13.2 Å². The number of benzene rings is 1. The largest absolute Gasteiger partial charge is 0.417 e. The van der Waals surface area contributed by atoms with Crippen LogP contribution >= 0.6 is 11.6 Å². The summed E-state index contributed by atoms with van der Waals surface area (Å²) in [6, 6.07) is 6.31. The lowest BCUT2D eigenvalue weighted by Gasteiger charge is -2.12. The number of halogens is 4. The monoisotopic (exact) mass is 385 g/mol. The Morgan fingerprint density at radius 3 is 2.50 bits per heavy atom. The van der Waals surface area contributed by atoms with Gasteiger partial charge in [-0.15, -0.1) is 0 Å². The van der Waals surface area contributed by atoms with Crippen molar-refractivity contribution in [1.82, 2.24) is 10.3 Å². The van der Waals surface area contributed by atoms with E-state index in [1.807, 2.05) is 0 Å². The first-order chi connectivity index (χ1) is 12.1. The summed E-state index contributed by atoms with van der Waals surface area (Å²) in [5.41, 5.74) is 0.0278. The molecule has 138 valence electrons. The normalized spacial score (nSPS) is 11.2. The van der Waals surface area contributed by atoms with Crippen LogP contribution in [-0.4, -0.2) is 16.8 Å². The molecule has 1 heterocycles. The number of pyridine rings is 1. The van der Waals surface area contributed by atoms with E-state index in [1.54, 1.807) is 6.92 Å². The van der Waals surface area contributed by atoms with Gasteiger partial charge in [0.1, 0.15) is 5.82 Å². The Hall–Kier alpha value is -2.61. The fourth-order valence-corrected chi connectivity index (χ4v) is 2.45. The van der Waals surface area contributed by atoms with Crippen LogP contribution in [0.15, 0.2) is 30.3 Å². The number of alkyl halides is 3. The van der Waals surface area contributed by atoms with Gasteiger partial charge in [0.2, 0.25) is 5.91 Å². The standard InChI is InChI=1S/C17H15ClF3N3O2/c1-9-5-12(7-15(23-9)24-10(2)25)16(26)22-8-11-3-4-14(18)13(6-11)17(19,20)21/h3-7H,8H2,1-2H3,(H,22,26)(H,23,24,25). The lowest BCUT2D eigenvalue weighted by Crippen LogP contribution is -2.23. The fraction of sp³-hybridized carbons (Fsp3) is 0.235. The number of hydrogen-bond donors (Lipinski definition) is 2. The second kappa shape index (κ2) is 7.74. The zero-order valence-corrected chi connectivity index (χ0v) is 14.6. The van der Waals surface area contributed by atoms with Gasteiger partial charge in [-0.3, -0.25) is 9.59 Å². The van der Waals surface area contributed by atoms with Crippen molar-refractivity contribution in [2.75, 3.05) is 5.32 Å². The third kappa shape index (κ3) is 5.19. The van der Waals surface area contributed by atoms with Gasteiger partial charge in [0, 0.05) is 24.7 Å². The molecule has 2 aromatic rings. The second-order valence-electron chi connectivity index (χ2n) is 5.56. The van der Waals surface area contributed by atoms with Crippen LogP contribution in [-0.2, 0) is 17.5 Å². The number of carbonyl (C=O) groups excluding carboxylic acids is 2. The van der Waals surface area contributed by atoms with Crippen molar-refractivity contribution in [3.05, 3.63) is 57.7 Å². The van der Waals surface area contributed by atoms with Gasteiger partial charge in [0.05, 0.1) is 10.6 Å². The minimum Gasteiger partial charge on any atom is -0.348 e. The number of anilines is 1. The number of rotatable bonds is 4. The lowest BCUT2D eigenvalue weighted by molar-refractivity contribution is -0.137. The molecule has 0 aliphatic carbocycles. The Balaban J connectivity index is 2.14. The summed E-state index contributed by atoms with van der Waals surface area (Å²) in [6.45, 7) is 2.84. The minimum absolute atomic E-state index is 0.115. The average Bonchev–Trinajstić information content (AvgIpc) is 2.51. The van der Waals surface area contributed by atoms with Gasteiger partial charge in [0.15, 0.2) is 0 Å². The molecule has 1 aromatic heterocycles. The van der Waals surface area contributed by atoms with Crippen molar-refractivity contribution in [1.29, 1.82) is 0 Å². The van der Waals surface area contributed by atoms with Crippen LogP contribution in [0.3, 0.4) is 0 Å². The number of carbonyl (C=O) groups is 2. The van der Waals surface area contributed by atoms with E-state index in [-0.39, 0.29) is 29.4 Å². The molecule has 0 radical (unpaired) electrons. The number of aryl methyl sites for hydroxylation is 1. The molecule has 0 aliphatic rings. The highest BCUT2D eigenvalue weighted by atomic mass is 35.5. The predicted molar refractivity (Wildman–Crippen MR) is 90.9 cm³/mol. The maximum atomic E-state index is 12.9. The molecular weight excluding hydrogens is 371 g/mol. The summed E-state index contributed by atoms with van der Waals surface area (Å²) in [7, 11) is 0. The Labute approximate surface area is 152 Å². The molecule has 0 saturated carbocycles. The zero-order valence-electron chi connectivity index (χ0n) is 13.9. The molecule has 5 nitrogen and oxygen atoms in total. The molecule has 0 fully saturated rings. The van der Waals surface area contributed by atoms with Crippen molar-refractivity contribution in [3.63, 3.8) is 0 Å². The average molecular weight is 386 g/mol. The molecule has 0 unspecified atom stereocenters. The van der Waals surface area contributed by atoms with Crippen molar-refractivity contribution < 1.29 is 22.8 Å². The number of aromatic nitrogens is 1. The molecule has 26 heavy (non-hydrogen) atoms. The van der Waals surface area contributed by atoms with E-state index < -0.39 is 22.7 Å². The minimum atomic E-state index is -4.58. The van der Waals surface area contributed by atoms with Crippen LogP contribution in [0.2, 0.25) is 5.02 Å². The number of nitrogens with zero attached hydrogens (tertiary/aromatic N) is 1. The first kappa shape index (κ1) is 19.7. The summed E-state index contributed by atoms with van der Waals surface area (Å²) < 4.78 is 38.6. The number of amides is 2. The van der Waals surface area contributed by atoms with E-state index in [1.165, 1.54) is 25.1 Å². The van der Waals surface area contributed by atoms with Gasteiger partial charge < -0.3 is 10.6 Å². The van der Waals surface area contributed by atoms with E-state index in [0.717, 1.165) is 12.1 Å². The third-order valence-electron chi connectivity index (χ3n) is 3.31. The van der Waals surface area contributed by atoms with Crippen molar-refractivity contribution in [2.24, 2.45) is 0 Å². The Morgan fingerprint density at radius 2 is 1.88 bits per heavy atom. The van der Waals surface area contributed by atoms with Gasteiger partial charge >= 0.3 is 6.18 Å². The maximum absolute atomic E-state index is 12.9. The molecule has 0 atom stereocenters. The van der Waals surface area contributed by atoms with Gasteiger partial charge in [-0.25, -0.2) is 4.98 Å². The molecule has 0 spiro atoms. The molecule has 2 N–H and O–H groups in total. The molecule has 1 aromatic carbocycles. The van der Waals surface area contributed by atoms with E-state index in [9.17, 15) is 22.8 Å². The SMILES string of the molecule is CC(=O)Nc1cc(C(=O)NCc2ccc(Cl)c(C(F)(F)F)c2)cc(C)n1. The van der Waals surface area contributed by atoms with E-state index in [4.69, 9.17) is 11.6 Å². The second-order valence-corrected chi connectivity index (χ2v) is 5.97. The van der Waals surface area contributed by atoms with Crippen molar-refractivity contribution >= 4 is 29.2 Å². The first-order valence-electron chi connectivity index (χ1n) is 7.46. The van der Waals surface area contributed by atoms with Crippen LogP contribution in [0.4, 0.5) is 19.0 Å². The Bertz CT molecular complexity index is 854. The molecule has 0 aliphatic heterocycles. The molecule has 0 saturated heterocycles. The lowest BCUT2D eigenvalue weighted by atomic mass is 10.1. The van der Waals surface area contributed by atoms with Crippen LogP contribution in [0, 0.1) is 6.92 Å². The molecular formula is C17H15ClF3N3O2. The van der Waals surface area contributed by atoms with Gasteiger partial charge in [0.25, 0.3) is 5.91 Å². The molecule has 2 amide bonds. The Kier molecular flexibility index (Phi) is 5.86. The third-order valence-corrected chi connectivity index (χ3v) is 3.64. The Morgan fingerprint density at radius 1 is 1.19 bits per heavy atom. The highest BCUT2D eigenvalue weighted by Crippen LogP contribution is 2.35. The van der Waals surface area contributed by atoms with E-state index >= 15 is 0 Å². The predicted octanol–water partition coefficient (Wildman–Crippen LogP) is 3.95. The number of nitrogens with one attached hydrogen (secondary N) is 2. The summed E-state index contributed by atoms with van der Waals surface area (Å²) in [4.78, 5) is 27.4. The molecule has 2 rings (SSSR count). The van der Waals surface area contributed by atoms with Gasteiger partial charge in [-0.1, -0.05) is 17.7 Å².